The summed E-state index contributed by atoms with van der Waals surface area (Å²) < 4.78 is 7.61. The smallest absolute Gasteiger partial charge is 0.246 e. The van der Waals surface area contributed by atoms with E-state index in [2.05, 4.69) is 41.5 Å². The Balaban J connectivity index is 1.62. The Labute approximate surface area is 184 Å². The van der Waals surface area contributed by atoms with E-state index >= 15 is 0 Å². The van der Waals surface area contributed by atoms with E-state index in [1.807, 2.05) is 49.2 Å². The predicted molar refractivity (Wildman–Crippen MR) is 124 cm³/mol. The molecule has 1 aliphatic heterocycles. The molecule has 31 heavy (non-hydrogen) atoms. The molecule has 0 bridgehead atoms. The van der Waals surface area contributed by atoms with E-state index in [1.54, 1.807) is 0 Å². The van der Waals surface area contributed by atoms with Crippen LogP contribution in [0.15, 0.2) is 48.5 Å². The van der Waals surface area contributed by atoms with Crippen molar-refractivity contribution in [1.82, 2.24) is 14.5 Å². The van der Waals surface area contributed by atoms with Crippen molar-refractivity contribution in [3.63, 3.8) is 0 Å². The average Bonchev–Trinajstić information content (AvgIpc) is 3.10. The summed E-state index contributed by atoms with van der Waals surface area (Å²) in [5.41, 5.74) is 4.29. The quantitative estimate of drug-likeness (QED) is 0.604. The molecule has 0 aliphatic carbocycles. The van der Waals surface area contributed by atoms with Crippen LogP contribution in [0.1, 0.15) is 31.3 Å². The molecule has 4 rings (SSSR count). The Hall–Kier alpha value is -2.86. The number of carbonyl (C=O) groups is 1. The summed E-state index contributed by atoms with van der Waals surface area (Å²) in [4.78, 5) is 22.6. The number of aromatic nitrogens is 2. The lowest BCUT2D eigenvalue weighted by Crippen LogP contribution is -2.39. The van der Waals surface area contributed by atoms with Gasteiger partial charge in [0, 0.05) is 32.4 Å². The topological polar surface area (TPSA) is 50.6 Å². The van der Waals surface area contributed by atoms with Gasteiger partial charge in [-0.15, -0.1) is 0 Å². The summed E-state index contributed by atoms with van der Waals surface area (Å²) in [7, 11) is 1.91. The number of carbonyl (C=O) groups excluding carboxylic acids is 1. The van der Waals surface area contributed by atoms with Gasteiger partial charge >= 0.3 is 0 Å². The minimum atomic E-state index is -0.298. The van der Waals surface area contributed by atoms with Gasteiger partial charge < -0.3 is 19.1 Å². The van der Waals surface area contributed by atoms with Crippen molar-refractivity contribution < 1.29 is 9.53 Å². The van der Waals surface area contributed by atoms with Crippen LogP contribution in [-0.2, 0) is 16.1 Å². The number of likely N-dealkylation sites (N-methyl/N-ethyl adjacent to an activating group) is 1. The molecule has 1 aliphatic rings. The fraction of sp³-hybridized carbons (Fsp3) is 0.440. The van der Waals surface area contributed by atoms with Crippen molar-refractivity contribution in [2.24, 2.45) is 5.92 Å². The zero-order valence-corrected chi connectivity index (χ0v) is 18.9. The molecule has 1 amide bonds. The first-order valence-corrected chi connectivity index (χ1v) is 11.1. The lowest BCUT2D eigenvalue weighted by molar-refractivity contribution is -0.135. The highest BCUT2D eigenvalue weighted by Gasteiger charge is 2.30. The largest absolute Gasteiger partial charge is 0.378 e. The third-order valence-electron chi connectivity index (χ3n) is 6.06. The number of aryl methyl sites for hydroxylation is 1. The fourth-order valence-electron chi connectivity index (χ4n) is 4.53. The number of amides is 1. The number of ether oxygens (including phenoxy) is 1. The van der Waals surface area contributed by atoms with Gasteiger partial charge in [-0.3, -0.25) is 4.79 Å². The number of imidazole rings is 1. The molecule has 0 radical (unpaired) electrons. The van der Waals surface area contributed by atoms with E-state index in [-0.39, 0.29) is 17.9 Å². The van der Waals surface area contributed by atoms with E-state index in [1.165, 1.54) is 5.69 Å². The molecule has 1 atom stereocenters. The summed E-state index contributed by atoms with van der Waals surface area (Å²) >= 11 is 0. The number of morpholine rings is 1. The van der Waals surface area contributed by atoms with Gasteiger partial charge in [0.25, 0.3) is 0 Å². The van der Waals surface area contributed by atoms with Gasteiger partial charge in [0.2, 0.25) is 5.91 Å². The second-order valence-electron chi connectivity index (χ2n) is 8.63. The summed E-state index contributed by atoms with van der Waals surface area (Å²) in [6.07, 6.45) is 0. The molecule has 0 N–H and O–H groups in total. The van der Waals surface area contributed by atoms with Gasteiger partial charge in [0.1, 0.15) is 11.9 Å². The maximum absolute atomic E-state index is 13.7. The van der Waals surface area contributed by atoms with Crippen LogP contribution in [-0.4, -0.2) is 53.7 Å². The van der Waals surface area contributed by atoms with Crippen molar-refractivity contribution in [1.29, 1.82) is 0 Å². The molecule has 1 aromatic heterocycles. The van der Waals surface area contributed by atoms with Crippen molar-refractivity contribution in [2.75, 3.05) is 38.3 Å². The molecule has 0 spiro atoms. The molecular weight excluding hydrogens is 388 g/mol. The summed E-state index contributed by atoms with van der Waals surface area (Å²) in [6, 6.07) is 16.1. The number of para-hydroxylation sites is 3. The molecule has 0 saturated carbocycles. The summed E-state index contributed by atoms with van der Waals surface area (Å²) in [5.74, 6) is 1.12. The van der Waals surface area contributed by atoms with Crippen LogP contribution in [0, 0.1) is 12.8 Å². The Morgan fingerprint density at radius 1 is 1.10 bits per heavy atom. The highest BCUT2D eigenvalue weighted by molar-refractivity contribution is 5.84. The Morgan fingerprint density at radius 2 is 1.77 bits per heavy atom. The van der Waals surface area contributed by atoms with Gasteiger partial charge in [0.05, 0.1) is 24.2 Å². The first kappa shape index (κ1) is 21.4. The molecule has 6 heteroatoms. The first-order chi connectivity index (χ1) is 15.0. The molecule has 164 valence electrons. The van der Waals surface area contributed by atoms with Crippen molar-refractivity contribution >= 4 is 22.6 Å². The Morgan fingerprint density at radius 3 is 2.52 bits per heavy atom. The number of rotatable bonds is 6. The van der Waals surface area contributed by atoms with Crippen LogP contribution < -0.4 is 4.90 Å². The monoisotopic (exact) mass is 420 g/mol. The molecule has 6 nitrogen and oxygen atoms in total. The highest BCUT2D eigenvalue weighted by Crippen LogP contribution is 2.29. The second kappa shape index (κ2) is 9.10. The van der Waals surface area contributed by atoms with E-state index < -0.39 is 0 Å². The predicted octanol–water partition coefficient (Wildman–Crippen LogP) is 4.04. The molecule has 3 aromatic rings. The normalized spacial score (nSPS) is 15.5. The van der Waals surface area contributed by atoms with Crippen LogP contribution in [0.25, 0.3) is 11.0 Å². The number of anilines is 1. The maximum Gasteiger partial charge on any atom is 0.246 e. The van der Waals surface area contributed by atoms with Crippen LogP contribution >= 0.6 is 0 Å². The highest BCUT2D eigenvalue weighted by atomic mass is 16.5. The van der Waals surface area contributed by atoms with Gasteiger partial charge in [-0.2, -0.15) is 0 Å². The zero-order valence-electron chi connectivity index (χ0n) is 18.9. The zero-order chi connectivity index (χ0) is 22.0. The number of benzene rings is 2. The van der Waals surface area contributed by atoms with Crippen LogP contribution in [0.4, 0.5) is 5.69 Å². The van der Waals surface area contributed by atoms with E-state index in [0.717, 1.165) is 48.7 Å². The van der Waals surface area contributed by atoms with Gasteiger partial charge in [-0.05, 0) is 36.6 Å². The minimum Gasteiger partial charge on any atom is -0.378 e. The fourth-order valence-corrected chi connectivity index (χ4v) is 4.53. The Kier molecular flexibility index (Phi) is 6.28. The van der Waals surface area contributed by atoms with Crippen molar-refractivity contribution in [2.45, 2.75) is 33.4 Å². The standard InChI is InChI=1S/C25H32N4O2/c1-18(2)24(29-19(3)26-21-10-6-8-12-23(21)29)25(30)27(4)17-20-9-5-7-11-22(20)28-13-15-31-16-14-28/h5-12,18,24H,13-17H2,1-4H3/t24-/m1/s1. The number of fused-ring (bicyclic) bond motifs is 1. The van der Waals surface area contributed by atoms with Gasteiger partial charge in [-0.25, -0.2) is 4.98 Å². The van der Waals surface area contributed by atoms with Gasteiger partial charge in [0.15, 0.2) is 0 Å². The number of hydrogen-bond donors (Lipinski definition) is 0. The SMILES string of the molecule is Cc1nc2ccccc2n1[C@@H](C(=O)N(C)Cc1ccccc1N1CCOCC1)C(C)C. The average molecular weight is 421 g/mol. The molecule has 1 fully saturated rings. The third kappa shape index (κ3) is 4.30. The molecule has 2 aromatic carbocycles. The molecular formula is C25H32N4O2. The maximum atomic E-state index is 13.7. The van der Waals surface area contributed by atoms with Crippen LogP contribution in [0.5, 0.6) is 0 Å². The van der Waals surface area contributed by atoms with E-state index in [9.17, 15) is 4.79 Å². The third-order valence-corrected chi connectivity index (χ3v) is 6.06. The number of nitrogens with zero attached hydrogens (tertiary/aromatic N) is 4. The van der Waals surface area contributed by atoms with Crippen LogP contribution in [0.3, 0.4) is 0 Å². The molecule has 2 heterocycles. The summed E-state index contributed by atoms with van der Waals surface area (Å²) in [6.45, 7) is 10.0. The van der Waals surface area contributed by atoms with E-state index in [4.69, 9.17) is 9.72 Å². The van der Waals surface area contributed by atoms with Crippen LogP contribution in [0.2, 0.25) is 0 Å². The van der Waals surface area contributed by atoms with Crippen molar-refractivity contribution in [3.05, 3.63) is 59.9 Å². The van der Waals surface area contributed by atoms with Gasteiger partial charge in [-0.1, -0.05) is 44.2 Å². The van der Waals surface area contributed by atoms with Crippen molar-refractivity contribution in [3.8, 4) is 0 Å². The lowest BCUT2D eigenvalue weighted by Gasteiger charge is -2.33. The number of hydrogen-bond acceptors (Lipinski definition) is 4. The first-order valence-electron chi connectivity index (χ1n) is 11.1. The molecule has 1 saturated heterocycles. The summed E-state index contributed by atoms with van der Waals surface area (Å²) in [5, 5.41) is 0. The lowest BCUT2D eigenvalue weighted by atomic mass is 10.0. The van der Waals surface area contributed by atoms with E-state index in [0.29, 0.717) is 6.54 Å². The Bertz CT molecular complexity index is 1050. The molecule has 0 unspecified atom stereocenters. The minimum absolute atomic E-state index is 0.109. The second-order valence-corrected chi connectivity index (χ2v) is 8.63.